The van der Waals surface area contributed by atoms with E-state index in [0.29, 0.717) is 6.04 Å². The first-order chi connectivity index (χ1) is 7.24. The Hall–Kier alpha value is -0.480. The molecule has 0 aliphatic carbocycles. The fourth-order valence-corrected chi connectivity index (χ4v) is 2.15. The Balaban J connectivity index is 2.16. The lowest BCUT2D eigenvalue weighted by molar-refractivity contribution is 0.519. The van der Waals surface area contributed by atoms with Crippen molar-refractivity contribution in [3.05, 3.63) is 18.2 Å². The highest BCUT2D eigenvalue weighted by atomic mass is 32.2. The summed E-state index contributed by atoms with van der Waals surface area (Å²) in [5, 5.41) is 3.49. The Bertz CT molecular complexity index is 273. The molecular weight excluding hydrogens is 206 g/mol. The minimum atomic E-state index is 0.570. The molecule has 0 amide bonds. The summed E-state index contributed by atoms with van der Waals surface area (Å²) in [4.78, 5) is 4.28. The van der Waals surface area contributed by atoms with E-state index in [1.54, 1.807) is 0 Å². The Morgan fingerprint density at radius 3 is 3.00 bits per heavy atom. The molecule has 0 saturated carbocycles. The third-order valence-corrected chi connectivity index (χ3v) is 3.36. The van der Waals surface area contributed by atoms with Crippen LogP contribution in [-0.4, -0.2) is 27.1 Å². The van der Waals surface area contributed by atoms with Crippen LogP contribution < -0.4 is 5.32 Å². The van der Waals surface area contributed by atoms with Crippen molar-refractivity contribution in [1.29, 1.82) is 0 Å². The van der Waals surface area contributed by atoms with Gasteiger partial charge in [-0.15, -0.1) is 0 Å². The number of imidazole rings is 1. The van der Waals surface area contributed by atoms with Crippen molar-refractivity contribution in [2.45, 2.75) is 32.9 Å². The molecule has 4 heteroatoms. The monoisotopic (exact) mass is 227 g/mol. The molecule has 0 bridgehead atoms. The number of nitrogens with one attached hydrogen (secondary N) is 1. The molecule has 1 rings (SSSR count). The highest BCUT2D eigenvalue weighted by Crippen LogP contribution is 2.04. The first-order valence-corrected chi connectivity index (χ1v) is 6.66. The molecule has 1 aromatic rings. The number of aromatic nitrogens is 2. The Labute approximate surface area is 96.7 Å². The van der Waals surface area contributed by atoms with Gasteiger partial charge in [0.1, 0.15) is 5.82 Å². The maximum atomic E-state index is 4.28. The number of hydrogen-bond acceptors (Lipinski definition) is 3. The van der Waals surface area contributed by atoms with Gasteiger partial charge in [0, 0.05) is 25.5 Å². The van der Waals surface area contributed by atoms with Crippen molar-refractivity contribution in [3.8, 4) is 0 Å². The standard InChI is InChI=1S/C11H21N3S/c1-4-15-8-5-10(2)13-9-11-12-6-7-14(11)3/h6-7,10,13H,4-5,8-9H2,1-3H3. The van der Waals surface area contributed by atoms with Gasteiger partial charge in [0.2, 0.25) is 0 Å². The molecule has 3 nitrogen and oxygen atoms in total. The molecule has 1 atom stereocenters. The van der Waals surface area contributed by atoms with Gasteiger partial charge in [-0.25, -0.2) is 4.98 Å². The van der Waals surface area contributed by atoms with Crippen molar-refractivity contribution >= 4 is 11.8 Å². The molecule has 0 aliphatic heterocycles. The lowest BCUT2D eigenvalue weighted by Crippen LogP contribution is -2.27. The van der Waals surface area contributed by atoms with E-state index in [1.165, 1.54) is 17.9 Å². The summed E-state index contributed by atoms with van der Waals surface area (Å²) in [6.07, 6.45) is 5.05. The molecule has 1 aromatic heterocycles. The van der Waals surface area contributed by atoms with Crippen molar-refractivity contribution in [2.75, 3.05) is 11.5 Å². The van der Waals surface area contributed by atoms with Gasteiger partial charge in [-0.05, 0) is 24.9 Å². The fraction of sp³-hybridized carbons (Fsp3) is 0.727. The number of nitrogens with zero attached hydrogens (tertiary/aromatic N) is 2. The zero-order valence-corrected chi connectivity index (χ0v) is 10.7. The van der Waals surface area contributed by atoms with E-state index in [0.717, 1.165) is 12.4 Å². The maximum absolute atomic E-state index is 4.28. The average Bonchev–Trinajstić information content (AvgIpc) is 2.61. The third-order valence-electron chi connectivity index (χ3n) is 2.43. The van der Waals surface area contributed by atoms with Gasteiger partial charge >= 0.3 is 0 Å². The summed E-state index contributed by atoms with van der Waals surface area (Å²) in [5.74, 6) is 3.56. The molecule has 15 heavy (non-hydrogen) atoms. The average molecular weight is 227 g/mol. The van der Waals surface area contributed by atoms with Crippen LogP contribution in [0.1, 0.15) is 26.1 Å². The smallest absolute Gasteiger partial charge is 0.122 e. The molecule has 0 spiro atoms. The minimum absolute atomic E-state index is 0.570. The topological polar surface area (TPSA) is 29.9 Å². The van der Waals surface area contributed by atoms with Crippen LogP contribution in [0.4, 0.5) is 0 Å². The number of hydrogen-bond donors (Lipinski definition) is 1. The Kier molecular flexibility index (Phi) is 5.79. The van der Waals surface area contributed by atoms with Gasteiger partial charge in [0.15, 0.2) is 0 Å². The molecule has 86 valence electrons. The van der Waals surface area contributed by atoms with Crippen LogP contribution >= 0.6 is 11.8 Å². The Morgan fingerprint density at radius 1 is 1.60 bits per heavy atom. The first kappa shape index (κ1) is 12.6. The second kappa shape index (κ2) is 6.90. The second-order valence-corrected chi connectivity index (χ2v) is 5.12. The van der Waals surface area contributed by atoms with Crippen LogP contribution in [0.3, 0.4) is 0 Å². The zero-order chi connectivity index (χ0) is 11.1. The minimum Gasteiger partial charge on any atom is -0.337 e. The van der Waals surface area contributed by atoms with Crippen LogP contribution in [0.15, 0.2) is 12.4 Å². The highest BCUT2D eigenvalue weighted by molar-refractivity contribution is 7.99. The van der Waals surface area contributed by atoms with E-state index >= 15 is 0 Å². The van der Waals surface area contributed by atoms with Crippen molar-refractivity contribution in [3.63, 3.8) is 0 Å². The summed E-state index contributed by atoms with van der Waals surface area (Å²) in [6.45, 7) is 5.30. The fourth-order valence-electron chi connectivity index (χ4n) is 1.34. The molecule has 1 heterocycles. The highest BCUT2D eigenvalue weighted by Gasteiger charge is 2.03. The van der Waals surface area contributed by atoms with Crippen LogP contribution in [0.5, 0.6) is 0 Å². The number of aryl methyl sites for hydroxylation is 1. The summed E-state index contributed by atoms with van der Waals surface area (Å²) >= 11 is 2.00. The largest absolute Gasteiger partial charge is 0.337 e. The second-order valence-electron chi connectivity index (χ2n) is 3.72. The molecular formula is C11H21N3S. The van der Waals surface area contributed by atoms with Gasteiger partial charge < -0.3 is 9.88 Å². The molecule has 0 radical (unpaired) electrons. The van der Waals surface area contributed by atoms with Gasteiger partial charge in [-0.2, -0.15) is 11.8 Å². The van der Waals surface area contributed by atoms with Crippen LogP contribution in [0, 0.1) is 0 Å². The van der Waals surface area contributed by atoms with Crippen LogP contribution in [0.2, 0.25) is 0 Å². The van der Waals surface area contributed by atoms with Crippen LogP contribution in [0.25, 0.3) is 0 Å². The van der Waals surface area contributed by atoms with E-state index in [-0.39, 0.29) is 0 Å². The maximum Gasteiger partial charge on any atom is 0.122 e. The van der Waals surface area contributed by atoms with E-state index in [2.05, 4.69) is 28.7 Å². The molecule has 1 N–H and O–H groups in total. The first-order valence-electron chi connectivity index (χ1n) is 5.51. The van der Waals surface area contributed by atoms with Crippen molar-refractivity contribution in [1.82, 2.24) is 14.9 Å². The van der Waals surface area contributed by atoms with Gasteiger partial charge in [0.05, 0.1) is 6.54 Å². The predicted octanol–water partition coefficient (Wildman–Crippen LogP) is 2.04. The van der Waals surface area contributed by atoms with Crippen molar-refractivity contribution < 1.29 is 0 Å². The molecule has 1 unspecified atom stereocenters. The molecule has 0 fully saturated rings. The molecule has 0 aliphatic rings. The zero-order valence-electron chi connectivity index (χ0n) is 9.86. The third kappa shape index (κ3) is 4.71. The normalized spacial score (nSPS) is 13.0. The van der Waals surface area contributed by atoms with E-state index < -0.39 is 0 Å². The lowest BCUT2D eigenvalue weighted by atomic mass is 10.2. The Morgan fingerprint density at radius 2 is 2.40 bits per heavy atom. The summed E-state index contributed by atoms with van der Waals surface area (Å²) in [7, 11) is 2.03. The molecule has 0 aromatic carbocycles. The number of thioether (sulfide) groups is 1. The predicted molar refractivity (Wildman–Crippen MR) is 67.1 cm³/mol. The summed E-state index contributed by atoms with van der Waals surface area (Å²) in [5.41, 5.74) is 0. The van der Waals surface area contributed by atoms with E-state index in [4.69, 9.17) is 0 Å². The molecule has 0 saturated heterocycles. The summed E-state index contributed by atoms with van der Waals surface area (Å²) in [6, 6.07) is 0.570. The summed E-state index contributed by atoms with van der Waals surface area (Å²) < 4.78 is 2.06. The van der Waals surface area contributed by atoms with Gasteiger partial charge in [-0.3, -0.25) is 0 Å². The quantitative estimate of drug-likeness (QED) is 0.723. The van der Waals surface area contributed by atoms with Gasteiger partial charge in [0.25, 0.3) is 0 Å². The van der Waals surface area contributed by atoms with Crippen molar-refractivity contribution in [2.24, 2.45) is 7.05 Å². The van der Waals surface area contributed by atoms with E-state index in [9.17, 15) is 0 Å². The van der Waals surface area contributed by atoms with Gasteiger partial charge in [-0.1, -0.05) is 6.92 Å². The van der Waals surface area contributed by atoms with E-state index in [1.807, 2.05) is 31.2 Å². The van der Waals surface area contributed by atoms with Crippen LogP contribution in [-0.2, 0) is 13.6 Å². The number of rotatable bonds is 7. The SMILES string of the molecule is CCSCCC(C)NCc1nccn1C. The lowest BCUT2D eigenvalue weighted by Gasteiger charge is -2.12.